The lowest BCUT2D eigenvalue weighted by molar-refractivity contribution is 0.659. The van der Waals surface area contributed by atoms with E-state index in [4.69, 9.17) is 0 Å². The van der Waals surface area contributed by atoms with Crippen molar-refractivity contribution in [2.45, 2.75) is 26.3 Å². The quantitative estimate of drug-likeness (QED) is 0.164. The van der Waals surface area contributed by atoms with Gasteiger partial charge in [0.25, 0.3) is 0 Å². The lowest BCUT2D eigenvalue weighted by atomic mass is 9.82. The van der Waals surface area contributed by atoms with Crippen molar-refractivity contribution in [3.05, 3.63) is 198 Å². The SMILES string of the molecule is CC1C=c2c(n(-c3ccc(-c4ccccc4)cc3)c3ccccc23)=CC1N(c1ccccc1)c1ccc(C2=CC=C(c3ccccc3)C[C@H]2C)cc1. The van der Waals surface area contributed by atoms with Crippen LogP contribution >= 0.6 is 0 Å². The standard InChI is InChI=1S/C50H42N2/c1-35-32-41(38-16-8-4-9-17-38)26-31-45(35)40-24-29-43(30-25-40)51(42-18-10-5-11-19-42)49-34-50-47(33-36(49)2)46-20-12-13-21-48(46)52(50)44-27-22-39(23-28-44)37-14-6-3-7-15-37/h3-31,33-36,49H,32H2,1-2H3/t35-,36?,49?/m1/s1. The zero-order valence-corrected chi connectivity index (χ0v) is 29.7. The van der Waals surface area contributed by atoms with Gasteiger partial charge in [-0.15, -0.1) is 0 Å². The number of para-hydroxylation sites is 2. The molecule has 2 unspecified atom stereocenters. The third-order valence-corrected chi connectivity index (χ3v) is 11.0. The van der Waals surface area contributed by atoms with Crippen LogP contribution < -0.4 is 15.5 Å². The largest absolute Gasteiger partial charge is 0.334 e. The first-order valence-corrected chi connectivity index (χ1v) is 18.5. The Balaban J connectivity index is 1.13. The average Bonchev–Trinajstić information content (AvgIpc) is 3.52. The molecule has 7 aromatic rings. The van der Waals surface area contributed by atoms with Gasteiger partial charge in [-0.25, -0.2) is 0 Å². The van der Waals surface area contributed by atoms with E-state index in [1.807, 2.05) is 0 Å². The molecular formula is C50H42N2. The van der Waals surface area contributed by atoms with Crippen LogP contribution in [0.2, 0.25) is 0 Å². The molecule has 0 radical (unpaired) electrons. The zero-order chi connectivity index (χ0) is 35.0. The molecule has 0 fully saturated rings. The number of hydrogen-bond donors (Lipinski definition) is 0. The predicted octanol–water partition coefficient (Wildman–Crippen LogP) is 11.2. The predicted molar refractivity (Wildman–Crippen MR) is 221 cm³/mol. The van der Waals surface area contributed by atoms with E-state index in [9.17, 15) is 0 Å². The molecule has 1 heterocycles. The van der Waals surface area contributed by atoms with Gasteiger partial charge < -0.3 is 9.47 Å². The van der Waals surface area contributed by atoms with Crippen LogP contribution in [0.15, 0.2) is 176 Å². The maximum absolute atomic E-state index is 2.53. The summed E-state index contributed by atoms with van der Waals surface area (Å²) in [6, 6.07) is 59.5. The first kappa shape index (κ1) is 31.8. The Labute approximate surface area is 306 Å². The number of fused-ring (bicyclic) bond motifs is 3. The molecule has 0 saturated heterocycles. The summed E-state index contributed by atoms with van der Waals surface area (Å²) in [5.74, 6) is 0.717. The van der Waals surface area contributed by atoms with Crippen LogP contribution in [0.1, 0.15) is 31.4 Å². The van der Waals surface area contributed by atoms with Crippen molar-refractivity contribution < 1.29 is 0 Å². The van der Waals surface area contributed by atoms with Crippen LogP contribution in [0, 0.1) is 11.8 Å². The van der Waals surface area contributed by atoms with E-state index in [2.05, 4.69) is 211 Å². The van der Waals surface area contributed by atoms with Gasteiger partial charge in [-0.3, -0.25) is 0 Å². The second kappa shape index (κ2) is 13.5. The molecule has 3 atom stereocenters. The van der Waals surface area contributed by atoms with E-state index in [1.165, 1.54) is 71.9 Å². The van der Waals surface area contributed by atoms with Crippen molar-refractivity contribution in [1.29, 1.82) is 0 Å². The number of allylic oxidation sites excluding steroid dienone is 4. The van der Waals surface area contributed by atoms with Gasteiger partial charge in [0.2, 0.25) is 0 Å². The lowest BCUT2D eigenvalue weighted by Crippen LogP contribution is -2.43. The normalized spacial score (nSPS) is 18.1. The van der Waals surface area contributed by atoms with Gasteiger partial charge in [-0.05, 0) is 100 Å². The Kier molecular flexibility index (Phi) is 8.29. The Bertz CT molecular complexity index is 2540. The summed E-state index contributed by atoms with van der Waals surface area (Å²) in [5.41, 5.74) is 12.7. The Hall–Kier alpha value is -6.12. The van der Waals surface area contributed by atoms with Crippen molar-refractivity contribution in [2.24, 2.45) is 11.8 Å². The van der Waals surface area contributed by atoms with Gasteiger partial charge in [-0.1, -0.05) is 153 Å². The third-order valence-electron chi connectivity index (χ3n) is 11.0. The summed E-state index contributed by atoms with van der Waals surface area (Å²) < 4.78 is 2.45. The minimum atomic E-state index is 0.108. The van der Waals surface area contributed by atoms with Crippen LogP contribution in [0.3, 0.4) is 0 Å². The fourth-order valence-electron chi connectivity index (χ4n) is 8.33. The van der Waals surface area contributed by atoms with Crippen LogP contribution in [0.5, 0.6) is 0 Å². The molecule has 6 aromatic carbocycles. The van der Waals surface area contributed by atoms with Gasteiger partial charge in [-0.2, -0.15) is 0 Å². The molecule has 0 saturated carbocycles. The van der Waals surface area contributed by atoms with E-state index in [0.717, 1.165) is 6.42 Å². The van der Waals surface area contributed by atoms with Crippen molar-refractivity contribution in [1.82, 2.24) is 4.57 Å². The van der Waals surface area contributed by atoms with Gasteiger partial charge in [0, 0.05) is 27.7 Å². The topological polar surface area (TPSA) is 8.17 Å². The van der Waals surface area contributed by atoms with Crippen LogP contribution in [0.25, 0.3) is 51.0 Å². The second-order valence-corrected chi connectivity index (χ2v) is 14.3. The third kappa shape index (κ3) is 5.81. The monoisotopic (exact) mass is 670 g/mol. The number of anilines is 2. The lowest BCUT2D eigenvalue weighted by Gasteiger charge is -2.36. The van der Waals surface area contributed by atoms with E-state index >= 15 is 0 Å². The highest BCUT2D eigenvalue weighted by Crippen LogP contribution is 2.38. The first-order valence-electron chi connectivity index (χ1n) is 18.5. The van der Waals surface area contributed by atoms with Gasteiger partial charge >= 0.3 is 0 Å². The molecule has 252 valence electrons. The van der Waals surface area contributed by atoms with Crippen molar-refractivity contribution in [2.75, 3.05) is 4.90 Å². The molecule has 2 heteroatoms. The minimum Gasteiger partial charge on any atom is -0.334 e. The van der Waals surface area contributed by atoms with Gasteiger partial charge in [0.15, 0.2) is 0 Å². The summed E-state index contributed by atoms with van der Waals surface area (Å²) in [5, 5.41) is 3.86. The van der Waals surface area contributed by atoms with E-state index < -0.39 is 0 Å². The fourth-order valence-corrected chi connectivity index (χ4v) is 8.33. The Morgan fingerprint density at radius 1 is 0.519 bits per heavy atom. The summed E-state index contributed by atoms with van der Waals surface area (Å²) in [6.07, 6.45) is 10.7. The molecule has 2 aliphatic carbocycles. The highest BCUT2D eigenvalue weighted by molar-refractivity contribution is 5.86. The second-order valence-electron chi connectivity index (χ2n) is 14.3. The summed E-state index contributed by atoms with van der Waals surface area (Å²) >= 11 is 0. The van der Waals surface area contributed by atoms with Crippen LogP contribution in [0.4, 0.5) is 11.4 Å². The molecule has 0 amide bonds. The van der Waals surface area contributed by atoms with Gasteiger partial charge in [0.05, 0.1) is 16.9 Å². The fraction of sp³-hybridized carbons (Fsp3) is 0.120. The number of rotatable bonds is 7. The number of nitrogens with zero attached hydrogens (tertiary/aromatic N) is 2. The maximum atomic E-state index is 2.53. The van der Waals surface area contributed by atoms with Crippen LogP contribution in [-0.4, -0.2) is 10.6 Å². The molecular weight excluding hydrogens is 629 g/mol. The number of hydrogen-bond acceptors (Lipinski definition) is 1. The highest BCUT2D eigenvalue weighted by atomic mass is 15.2. The molecule has 2 aliphatic rings. The van der Waals surface area contributed by atoms with E-state index in [1.54, 1.807) is 0 Å². The Morgan fingerprint density at radius 2 is 1.10 bits per heavy atom. The number of aromatic nitrogens is 1. The summed E-state index contributed by atoms with van der Waals surface area (Å²) in [4.78, 5) is 2.53. The molecule has 0 bridgehead atoms. The molecule has 2 nitrogen and oxygen atoms in total. The molecule has 52 heavy (non-hydrogen) atoms. The molecule has 9 rings (SSSR count). The zero-order valence-electron chi connectivity index (χ0n) is 29.7. The van der Waals surface area contributed by atoms with Crippen molar-refractivity contribution in [3.8, 4) is 16.8 Å². The highest BCUT2D eigenvalue weighted by Gasteiger charge is 2.28. The van der Waals surface area contributed by atoms with E-state index in [-0.39, 0.29) is 12.0 Å². The van der Waals surface area contributed by atoms with Gasteiger partial charge in [0.1, 0.15) is 0 Å². The number of benzene rings is 6. The molecule has 0 aliphatic heterocycles. The maximum Gasteiger partial charge on any atom is 0.0605 e. The Morgan fingerprint density at radius 3 is 1.79 bits per heavy atom. The van der Waals surface area contributed by atoms with Crippen molar-refractivity contribution >= 4 is 45.6 Å². The van der Waals surface area contributed by atoms with Crippen molar-refractivity contribution in [3.63, 3.8) is 0 Å². The summed E-state index contributed by atoms with van der Waals surface area (Å²) in [6.45, 7) is 4.71. The van der Waals surface area contributed by atoms with E-state index in [0.29, 0.717) is 5.92 Å². The average molecular weight is 671 g/mol. The molecule has 0 N–H and O–H groups in total. The first-order chi connectivity index (χ1) is 25.6. The minimum absolute atomic E-state index is 0.108. The molecule has 0 spiro atoms. The molecule has 1 aromatic heterocycles. The smallest absolute Gasteiger partial charge is 0.0605 e. The van der Waals surface area contributed by atoms with Crippen LogP contribution in [-0.2, 0) is 0 Å². The summed E-state index contributed by atoms with van der Waals surface area (Å²) in [7, 11) is 0.